The van der Waals surface area contributed by atoms with Gasteiger partial charge in [-0.15, -0.1) is 0 Å². The molecule has 0 aromatic rings. The second kappa shape index (κ2) is 3.46. The minimum absolute atomic E-state index is 0.434. The fourth-order valence-electron chi connectivity index (χ4n) is 0.175. The van der Waals surface area contributed by atoms with Crippen LogP contribution in [0.4, 0.5) is 0 Å². The van der Waals surface area contributed by atoms with Crippen molar-refractivity contribution >= 4 is 12.9 Å². The molecule has 3 heteroatoms. The van der Waals surface area contributed by atoms with Crippen LogP contribution in [-0.4, -0.2) is 6.61 Å². The van der Waals surface area contributed by atoms with Crippen LogP contribution in [0.15, 0.2) is 0 Å². The molecule has 0 saturated carbocycles. The van der Waals surface area contributed by atoms with Crippen molar-refractivity contribution in [2.75, 3.05) is 6.61 Å². The van der Waals surface area contributed by atoms with Crippen LogP contribution in [0.2, 0.25) is 0 Å². The third kappa shape index (κ3) is 4.27. The van der Waals surface area contributed by atoms with Crippen LogP contribution < -0.4 is 5.26 Å². The summed E-state index contributed by atoms with van der Waals surface area (Å²) in [4.78, 5) is 0. The smallest absolute Gasteiger partial charge is 0.178 e. The standard InChI is InChI=1S/C3H8O2S/c1-2-3-5(4)6/h6H,2-3H2,1H3. The summed E-state index contributed by atoms with van der Waals surface area (Å²) in [5.74, 6) is 0. The van der Waals surface area contributed by atoms with Crippen molar-refractivity contribution in [1.29, 1.82) is 0 Å². The summed E-state index contributed by atoms with van der Waals surface area (Å²) in [5.41, 5.74) is 0. The summed E-state index contributed by atoms with van der Waals surface area (Å²) >= 11 is 3.37. The Bertz CT molecular complexity index is 30.0. The molecule has 0 aliphatic rings. The zero-order valence-electron chi connectivity index (χ0n) is 3.68. The molecule has 0 N–H and O–H groups in total. The molecular weight excluding hydrogens is 100 g/mol. The lowest BCUT2D eigenvalue weighted by atomic mass is 10.5. The van der Waals surface area contributed by atoms with Crippen molar-refractivity contribution in [3.63, 3.8) is 0 Å². The molecular formula is C3H8O2S. The van der Waals surface area contributed by atoms with Crippen molar-refractivity contribution in [2.24, 2.45) is 0 Å². The first-order valence-electron chi connectivity index (χ1n) is 1.85. The maximum Gasteiger partial charge on any atom is 0.178 e. The van der Waals surface area contributed by atoms with E-state index in [1.807, 2.05) is 6.92 Å². The molecule has 6 heavy (non-hydrogen) atoms. The maximum atomic E-state index is 9.74. The molecule has 0 amide bonds. The Hall–Kier alpha value is 0.270. The molecule has 0 bridgehead atoms. The molecule has 0 radical (unpaired) electrons. The van der Waals surface area contributed by atoms with Gasteiger partial charge in [0.15, 0.2) is 19.5 Å². The zero-order chi connectivity index (χ0) is 4.99. The molecule has 0 saturated heterocycles. The second-order valence-electron chi connectivity index (χ2n) is 1.03. The minimum Gasteiger partial charge on any atom is -0.518 e. The highest BCUT2D eigenvalue weighted by atomic mass is 32.1. The van der Waals surface area contributed by atoms with E-state index < -0.39 is 0 Å². The predicted octanol–water partition coefficient (Wildman–Crippen LogP) is 0.0688. The van der Waals surface area contributed by atoms with Crippen LogP contribution in [0.5, 0.6) is 0 Å². The van der Waals surface area contributed by atoms with E-state index in [-0.39, 0.29) is 0 Å². The first-order valence-corrected chi connectivity index (χ1v) is 2.21. The van der Waals surface area contributed by atoms with E-state index in [2.05, 4.69) is 12.9 Å². The van der Waals surface area contributed by atoms with Gasteiger partial charge in [0.2, 0.25) is 0 Å². The molecule has 0 rings (SSSR count). The monoisotopic (exact) mass is 108 g/mol. The fraction of sp³-hybridized carbons (Fsp3) is 1.00. The predicted molar refractivity (Wildman–Crippen MR) is 25.2 cm³/mol. The van der Waals surface area contributed by atoms with Crippen LogP contribution >= 0.6 is 12.9 Å². The molecule has 0 aromatic carbocycles. The summed E-state index contributed by atoms with van der Waals surface area (Å²) in [7, 11) is 0. The molecule has 0 aliphatic carbocycles. The van der Waals surface area contributed by atoms with Crippen molar-refractivity contribution in [3.05, 3.63) is 0 Å². The molecule has 0 aliphatic heterocycles. The largest absolute Gasteiger partial charge is 0.518 e. The first-order chi connectivity index (χ1) is 2.77. The van der Waals surface area contributed by atoms with E-state index in [1.165, 1.54) is 3.96 Å². The third-order valence-electron chi connectivity index (χ3n) is 0.379. The lowest BCUT2D eigenvalue weighted by Gasteiger charge is -2.07. The van der Waals surface area contributed by atoms with Gasteiger partial charge in [-0.25, -0.2) is 0 Å². The molecule has 0 spiro atoms. The fourth-order valence-corrected chi connectivity index (χ4v) is 0.357. The van der Waals surface area contributed by atoms with Gasteiger partial charge in [0, 0.05) is 6.42 Å². The van der Waals surface area contributed by atoms with Crippen LogP contribution in [-0.2, 0) is 3.96 Å². The number of hydrogen-bond acceptors (Lipinski definition) is 2. The Morgan fingerprint density at radius 3 is 2.33 bits per heavy atom. The van der Waals surface area contributed by atoms with Crippen molar-refractivity contribution < 1.29 is 9.22 Å². The Labute approximate surface area is 43.0 Å². The highest BCUT2D eigenvalue weighted by molar-refractivity contribution is 7.75. The lowest BCUT2D eigenvalue weighted by Crippen LogP contribution is -2.16. The average Bonchev–Trinajstić information content (AvgIpc) is 1.35. The second-order valence-corrected chi connectivity index (χ2v) is 1.43. The van der Waals surface area contributed by atoms with Gasteiger partial charge in [-0.05, 0) is 0 Å². The highest BCUT2D eigenvalue weighted by Gasteiger charge is 1.82. The average molecular weight is 108 g/mol. The molecule has 2 nitrogen and oxygen atoms in total. The van der Waals surface area contributed by atoms with Gasteiger partial charge in [-0.1, -0.05) is 6.92 Å². The van der Waals surface area contributed by atoms with Gasteiger partial charge in [-0.3, -0.25) is 0 Å². The molecule has 38 valence electrons. The minimum atomic E-state index is 0.434. The topological polar surface area (TPSA) is 25.8 Å². The SMILES string of the molecule is CCC[O+]([O-])S. The number of hydrogen-bond donors (Lipinski definition) is 1. The van der Waals surface area contributed by atoms with E-state index in [9.17, 15) is 5.26 Å². The molecule has 0 fully saturated rings. The van der Waals surface area contributed by atoms with Crippen LogP contribution in [0, 0.1) is 0 Å². The Kier molecular flexibility index (Phi) is 3.62. The summed E-state index contributed by atoms with van der Waals surface area (Å²) in [6, 6.07) is 0. The first kappa shape index (κ1) is 6.27. The van der Waals surface area contributed by atoms with Gasteiger partial charge >= 0.3 is 0 Å². The summed E-state index contributed by atoms with van der Waals surface area (Å²) in [5, 5.41) is 9.74. The maximum absolute atomic E-state index is 9.74. The van der Waals surface area contributed by atoms with Gasteiger partial charge in [0.05, 0.1) is 0 Å². The zero-order valence-corrected chi connectivity index (χ0v) is 4.57. The van der Waals surface area contributed by atoms with Crippen LogP contribution in [0.1, 0.15) is 13.3 Å². The van der Waals surface area contributed by atoms with Gasteiger partial charge in [0.25, 0.3) is 0 Å². The highest BCUT2D eigenvalue weighted by Crippen LogP contribution is 1.89. The molecule has 0 heterocycles. The quantitative estimate of drug-likeness (QED) is 0.175. The number of thiol groups is 1. The molecule has 0 aromatic heterocycles. The lowest BCUT2D eigenvalue weighted by molar-refractivity contribution is -0.727. The summed E-state index contributed by atoms with van der Waals surface area (Å²) in [6.07, 6.45) is 0.831. The Morgan fingerprint density at radius 2 is 2.33 bits per heavy atom. The van der Waals surface area contributed by atoms with Crippen molar-refractivity contribution in [2.45, 2.75) is 13.3 Å². The molecule has 0 unspecified atom stereocenters. The Morgan fingerprint density at radius 1 is 1.83 bits per heavy atom. The Balaban J connectivity index is 2.63. The van der Waals surface area contributed by atoms with Gasteiger partial charge < -0.3 is 9.22 Å². The normalized spacial score (nSPS) is 10.0. The van der Waals surface area contributed by atoms with Gasteiger partial charge in [-0.2, -0.15) is 0 Å². The third-order valence-corrected chi connectivity index (χ3v) is 0.561. The summed E-state index contributed by atoms with van der Waals surface area (Å²) in [6.45, 7) is 2.34. The van der Waals surface area contributed by atoms with Crippen molar-refractivity contribution in [3.8, 4) is 0 Å². The molecule has 0 atom stereocenters. The van der Waals surface area contributed by atoms with E-state index in [0.29, 0.717) is 6.61 Å². The van der Waals surface area contributed by atoms with E-state index in [0.717, 1.165) is 6.42 Å². The van der Waals surface area contributed by atoms with E-state index in [4.69, 9.17) is 0 Å². The number of rotatable bonds is 2. The van der Waals surface area contributed by atoms with E-state index >= 15 is 0 Å². The van der Waals surface area contributed by atoms with Crippen LogP contribution in [0.25, 0.3) is 0 Å². The summed E-state index contributed by atoms with van der Waals surface area (Å²) < 4.78 is 1.27. The van der Waals surface area contributed by atoms with E-state index in [1.54, 1.807) is 0 Å². The van der Waals surface area contributed by atoms with Crippen LogP contribution in [0.3, 0.4) is 0 Å². The van der Waals surface area contributed by atoms with Crippen molar-refractivity contribution in [1.82, 2.24) is 0 Å². The van der Waals surface area contributed by atoms with Gasteiger partial charge in [0.1, 0.15) is 0 Å².